The Hall–Kier alpha value is -1.51. The molecule has 0 saturated carbocycles. The molecular formula is C17H19ClO2. The highest BCUT2D eigenvalue weighted by molar-refractivity contribution is 6.31. The van der Waals surface area contributed by atoms with E-state index in [-0.39, 0.29) is 12.5 Å². The van der Waals surface area contributed by atoms with Crippen molar-refractivity contribution in [3.05, 3.63) is 64.7 Å². The molecule has 1 unspecified atom stereocenters. The van der Waals surface area contributed by atoms with Gasteiger partial charge in [0.1, 0.15) is 5.75 Å². The van der Waals surface area contributed by atoms with Crippen LogP contribution in [-0.2, 0) is 12.8 Å². The molecule has 0 bridgehead atoms. The molecule has 0 saturated heterocycles. The number of hydrogen-bond donors (Lipinski definition) is 1. The minimum atomic E-state index is 0.128. The molecule has 3 heteroatoms. The van der Waals surface area contributed by atoms with Crippen LogP contribution in [0.4, 0.5) is 0 Å². The number of para-hydroxylation sites is 1. The van der Waals surface area contributed by atoms with Crippen molar-refractivity contribution in [2.24, 2.45) is 5.92 Å². The Balaban J connectivity index is 2.11. The molecule has 2 aromatic rings. The lowest BCUT2D eigenvalue weighted by atomic mass is 9.93. The molecule has 0 spiro atoms. The van der Waals surface area contributed by atoms with E-state index < -0.39 is 0 Å². The van der Waals surface area contributed by atoms with Gasteiger partial charge in [0, 0.05) is 11.6 Å². The molecule has 0 heterocycles. The summed E-state index contributed by atoms with van der Waals surface area (Å²) >= 11 is 6.18. The van der Waals surface area contributed by atoms with Gasteiger partial charge in [-0.2, -0.15) is 0 Å². The normalized spacial score (nSPS) is 12.2. The molecular weight excluding hydrogens is 272 g/mol. The third kappa shape index (κ3) is 3.75. The lowest BCUT2D eigenvalue weighted by Crippen LogP contribution is -2.13. The fourth-order valence-corrected chi connectivity index (χ4v) is 2.57. The van der Waals surface area contributed by atoms with Crippen molar-refractivity contribution in [2.75, 3.05) is 13.7 Å². The lowest BCUT2D eigenvalue weighted by Gasteiger charge is -2.17. The van der Waals surface area contributed by atoms with Crippen molar-refractivity contribution in [2.45, 2.75) is 12.8 Å². The van der Waals surface area contributed by atoms with Crippen molar-refractivity contribution >= 4 is 11.6 Å². The molecule has 20 heavy (non-hydrogen) atoms. The van der Waals surface area contributed by atoms with Crippen molar-refractivity contribution in [1.29, 1.82) is 0 Å². The van der Waals surface area contributed by atoms with E-state index in [0.29, 0.717) is 0 Å². The largest absolute Gasteiger partial charge is 0.496 e. The fourth-order valence-electron chi connectivity index (χ4n) is 2.36. The first-order valence-corrected chi connectivity index (χ1v) is 7.08. The fraction of sp³-hybridized carbons (Fsp3) is 0.294. The summed E-state index contributed by atoms with van der Waals surface area (Å²) in [6.07, 6.45) is 1.53. The van der Waals surface area contributed by atoms with Gasteiger partial charge in [-0.25, -0.2) is 0 Å². The zero-order chi connectivity index (χ0) is 14.4. The molecule has 0 aliphatic heterocycles. The second-order valence-corrected chi connectivity index (χ2v) is 5.27. The molecule has 1 atom stereocenters. The lowest BCUT2D eigenvalue weighted by molar-refractivity contribution is 0.224. The zero-order valence-corrected chi connectivity index (χ0v) is 12.3. The van der Waals surface area contributed by atoms with Crippen molar-refractivity contribution in [3.8, 4) is 5.75 Å². The highest BCUT2D eigenvalue weighted by atomic mass is 35.5. The second-order valence-electron chi connectivity index (χ2n) is 4.86. The SMILES string of the molecule is COc1ccccc1CC(CO)Cc1ccccc1Cl. The molecule has 2 rings (SSSR count). The van der Waals surface area contributed by atoms with Crippen molar-refractivity contribution < 1.29 is 9.84 Å². The average Bonchev–Trinajstić information content (AvgIpc) is 2.49. The van der Waals surface area contributed by atoms with Crippen LogP contribution in [0.2, 0.25) is 5.02 Å². The number of aliphatic hydroxyl groups excluding tert-OH is 1. The van der Waals surface area contributed by atoms with E-state index in [9.17, 15) is 5.11 Å². The number of hydrogen-bond acceptors (Lipinski definition) is 2. The Morgan fingerprint density at radius 1 is 1.00 bits per heavy atom. The van der Waals surface area contributed by atoms with Gasteiger partial charge in [0.2, 0.25) is 0 Å². The number of rotatable bonds is 6. The van der Waals surface area contributed by atoms with Crippen LogP contribution in [0.3, 0.4) is 0 Å². The van der Waals surface area contributed by atoms with E-state index in [0.717, 1.165) is 34.7 Å². The second kappa shape index (κ2) is 7.32. The smallest absolute Gasteiger partial charge is 0.122 e. The molecule has 0 aromatic heterocycles. The third-order valence-corrected chi connectivity index (χ3v) is 3.79. The summed E-state index contributed by atoms with van der Waals surface area (Å²) in [6.45, 7) is 0.128. The van der Waals surface area contributed by atoms with Crippen molar-refractivity contribution in [3.63, 3.8) is 0 Å². The van der Waals surface area contributed by atoms with E-state index in [1.165, 1.54) is 0 Å². The maximum Gasteiger partial charge on any atom is 0.122 e. The Bertz CT molecular complexity index is 554. The molecule has 0 aliphatic rings. The summed E-state index contributed by atoms with van der Waals surface area (Å²) in [5.74, 6) is 0.997. The molecule has 1 N–H and O–H groups in total. The van der Waals surface area contributed by atoms with Crippen LogP contribution in [-0.4, -0.2) is 18.8 Å². The number of benzene rings is 2. The van der Waals surface area contributed by atoms with Gasteiger partial charge < -0.3 is 9.84 Å². The predicted octanol–water partition coefficient (Wildman–Crippen LogP) is 3.74. The van der Waals surface area contributed by atoms with Crippen LogP contribution in [0.1, 0.15) is 11.1 Å². The van der Waals surface area contributed by atoms with Gasteiger partial charge in [0.05, 0.1) is 7.11 Å². The van der Waals surface area contributed by atoms with E-state index in [1.54, 1.807) is 7.11 Å². The average molecular weight is 291 g/mol. The molecule has 0 fully saturated rings. The van der Waals surface area contributed by atoms with Gasteiger partial charge in [-0.05, 0) is 42.0 Å². The zero-order valence-electron chi connectivity index (χ0n) is 11.6. The summed E-state index contributed by atoms with van der Waals surface area (Å²) in [5, 5.41) is 10.4. The van der Waals surface area contributed by atoms with Gasteiger partial charge in [-0.3, -0.25) is 0 Å². The van der Waals surface area contributed by atoms with Crippen LogP contribution >= 0.6 is 11.6 Å². The minimum Gasteiger partial charge on any atom is -0.496 e. The third-order valence-electron chi connectivity index (χ3n) is 3.43. The first kappa shape index (κ1) is 14.9. The molecule has 0 radical (unpaired) electrons. The summed E-state index contributed by atoms with van der Waals surface area (Å²) in [7, 11) is 1.67. The number of ether oxygens (including phenoxy) is 1. The van der Waals surface area contributed by atoms with Crippen LogP contribution in [0.15, 0.2) is 48.5 Å². The Morgan fingerprint density at radius 3 is 2.25 bits per heavy atom. The van der Waals surface area contributed by atoms with Gasteiger partial charge in [-0.15, -0.1) is 0 Å². The number of methoxy groups -OCH3 is 1. The van der Waals surface area contributed by atoms with E-state index >= 15 is 0 Å². The molecule has 0 aliphatic carbocycles. The molecule has 2 nitrogen and oxygen atoms in total. The summed E-state index contributed by atoms with van der Waals surface area (Å²) in [5.41, 5.74) is 2.18. The number of aliphatic hydroxyl groups is 1. The van der Waals surface area contributed by atoms with Crippen LogP contribution < -0.4 is 4.74 Å². The first-order valence-electron chi connectivity index (χ1n) is 6.70. The topological polar surface area (TPSA) is 29.5 Å². The summed E-state index contributed by atoms with van der Waals surface area (Å²) in [4.78, 5) is 0. The molecule has 0 amide bonds. The van der Waals surface area contributed by atoms with Gasteiger partial charge in [-0.1, -0.05) is 48.0 Å². The highest BCUT2D eigenvalue weighted by Gasteiger charge is 2.14. The van der Waals surface area contributed by atoms with Crippen molar-refractivity contribution in [1.82, 2.24) is 0 Å². The monoisotopic (exact) mass is 290 g/mol. The molecule has 2 aromatic carbocycles. The van der Waals surface area contributed by atoms with Gasteiger partial charge in [0.25, 0.3) is 0 Å². The van der Waals surface area contributed by atoms with E-state index in [1.807, 2.05) is 48.5 Å². The Labute approximate surface area is 125 Å². The van der Waals surface area contributed by atoms with Gasteiger partial charge >= 0.3 is 0 Å². The van der Waals surface area contributed by atoms with Gasteiger partial charge in [0.15, 0.2) is 0 Å². The minimum absolute atomic E-state index is 0.128. The standard InChI is InChI=1S/C17H19ClO2/c1-20-17-9-5-3-7-15(17)11-13(12-19)10-14-6-2-4-8-16(14)18/h2-9,13,19H,10-12H2,1H3. The quantitative estimate of drug-likeness (QED) is 0.878. The van der Waals surface area contributed by atoms with E-state index in [4.69, 9.17) is 16.3 Å². The van der Waals surface area contributed by atoms with Crippen LogP contribution in [0, 0.1) is 5.92 Å². The summed E-state index contributed by atoms with van der Waals surface area (Å²) in [6, 6.07) is 15.7. The highest BCUT2D eigenvalue weighted by Crippen LogP contribution is 2.25. The summed E-state index contributed by atoms with van der Waals surface area (Å²) < 4.78 is 5.36. The maximum absolute atomic E-state index is 9.62. The molecule has 106 valence electrons. The Kier molecular flexibility index (Phi) is 5.45. The Morgan fingerprint density at radius 2 is 1.60 bits per heavy atom. The number of halogens is 1. The van der Waals surface area contributed by atoms with Crippen LogP contribution in [0.5, 0.6) is 5.75 Å². The predicted molar refractivity (Wildman–Crippen MR) is 82.4 cm³/mol. The van der Waals surface area contributed by atoms with Crippen LogP contribution in [0.25, 0.3) is 0 Å². The first-order chi connectivity index (χ1) is 9.74. The maximum atomic E-state index is 9.62. The van der Waals surface area contributed by atoms with E-state index in [2.05, 4.69) is 0 Å².